The minimum Gasteiger partial charge on any atom is -0.366 e. The Hall–Kier alpha value is -0.540. The minimum absolute atomic E-state index is 0.439. The number of primary amides is 1. The summed E-state index contributed by atoms with van der Waals surface area (Å²) in [7, 11) is 6.22. The summed E-state index contributed by atoms with van der Waals surface area (Å²) in [6.07, 6.45) is 0.694. The van der Waals surface area contributed by atoms with Crippen LogP contribution in [0.1, 0.15) is 13.3 Å². The van der Waals surface area contributed by atoms with Gasteiger partial charge < -0.3 is 10.2 Å². The molecule has 0 aliphatic rings. The Bertz CT molecular complexity index is 228. The Morgan fingerprint density at radius 1 is 1.38 bits per heavy atom. The summed E-state index contributed by atoms with van der Waals surface area (Å²) in [5.41, 5.74) is 5.56. The van der Waals surface area contributed by atoms with E-state index in [0.29, 0.717) is 17.0 Å². The summed E-state index contributed by atoms with van der Waals surface area (Å²) >= 11 is 5.90. The second kappa shape index (κ2) is 4.63. The van der Waals surface area contributed by atoms with E-state index in [4.69, 9.17) is 17.3 Å². The highest BCUT2D eigenvalue weighted by atomic mass is 35.5. The number of nitrogens with two attached hydrogens (primary N) is 1. The maximum Gasteiger partial charge on any atom is 0.245 e. The molecule has 0 saturated carbocycles. The lowest BCUT2D eigenvalue weighted by Crippen LogP contribution is -2.35. The lowest BCUT2D eigenvalue weighted by molar-refractivity contribution is -0.870. The second-order valence-electron chi connectivity index (χ2n) is 4.16. The van der Waals surface area contributed by atoms with Gasteiger partial charge >= 0.3 is 0 Å². The van der Waals surface area contributed by atoms with Crippen molar-refractivity contribution in [2.45, 2.75) is 13.3 Å². The number of halogens is 1. The van der Waals surface area contributed by atoms with E-state index in [0.717, 1.165) is 11.0 Å². The van der Waals surface area contributed by atoms with Gasteiger partial charge in [-0.05, 0) is 6.92 Å². The average molecular weight is 206 g/mol. The molecule has 1 amide bonds. The Kier molecular flexibility index (Phi) is 4.44. The Labute approximate surface area is 84.7 Å². The zero-order chi connectivity index (χ0) is 10.6. The number of nitrogens with zero attached hydrogens (tertiary/aromatic N) is 1. The number of hydrogen-bond acceptors (Lipinski definition) is 1. The third kappa shape index (κ3) is 5.66. The third-order valence-electron chi connectivity index (χ3n) is 1.78. The van der Waals surface area contributed by atoms with Gasteiger partial charge in [0.15, 0.2) is 0 Å². The maximum absolute atomic E-state index is 10.7. The van der Waals surface area contributed by atoms with Crippen LogP contribution in [-0.4, -0.2) is 38.1 Å². The number of quaternary nitrogens is 1. The van der Waals surface area contributed by atoms with E-state index in [-0.39, 0.29) is 0 Å². The SMILES string of the molecule is CC(C(N)=O)=C(Cl)CC[N+](C)(C)C. The zero-order valence-corrected chi connectivity index (χ0v) is 9.48. The van der Waals surface area contributed by atoms with E-state index in [2.05, 4.69) is 21.1 Å². The van der Waals surface area contributed by atoms with Crippen LogP contribution in [0.15, 0.2) is 10.6 Å². The van der Waals surface area contributed by atoms with Crippen molar-refractivity contribution in [3.8, 4) is 0 Å². The van der Waals surface area contributed by atoms with Crippen LogP contribution in [0.3, 0.4) is 0 Å². The van der Waals surface area contributed by atoms with E-state index in [1.165, 1.54) is 0 Å². The van der Waals surface area contributed by atoms with Crippen LogP contribution < -0.4 is 5.73 Å². The van der Waals surface area contributed by atoms with Gasteiger partial charge in [0.1, 0.15) is 0 Å². The van der Waals surface area contributed by atoms with E-state index < -0.39 is 5.91 Å². The lowest BCUT2D eigenvalue weighted by Gasteiger charge is -2.23. The highest BCUT2D eigenvalue weighted by molar-refractivity contribution is 6.31. The molecule has 0 heterocycles. The fourth-order valence-electron chi connectivity index (χ4n) is 0.755. The molecular weight excluding hydrogens is 188 g/mol. The molecule has 76 valence electrons. The number of hydrogen-bond donors (Lipinski definition) is 1. The highest BCUT2D eigenvalue weighted by Gasteiger charge is 2.11. The van der Waals surface area contributed by atoms with E-state index in [1.807, 2.05) is 0 Å². The molecule has 0 aliphatic heterocycles. The fourth-order valence-corrected chi connectivity index (χ4v) is 0.932. The molecule has 0 aromatic carbocycles. The standard InChI is InChI=1S/C9H17ClN2O/c1-7(9(11)13)8(10)5-6-12(2,3)4/h5-6H2,1-4H3,(H-,11,13)/p+1. The molecule has 0 aliphatic carbocycles. The summed E-state index contributed by atoms with van der Waals surface area (Å²) < 4.78 is 0.822. The van der Waals surface area contributed by atoms with Crippen molar-refractivity contribution in [1.82, 2.24) is 0 Å². The largest absolute Gasteiger partial charge is 0.366 e. The molecule has 0 rings (SSSR count). The Morgan fingerprint density at radius 2 is 1.85 bits per heavy atom. The average Bonchev–Trinajstić information content (AvgIpc) is 1.97. The molecule has 3 nitrogen and oxygen atoms in total. The first kappa shape index (κ1) is 12.5. The summed E-state index contributed by atoms with van der Waals surface area (Å²) in [4.78, 5) is 10.7. The molecular formula is C9H18ClN2O+. The molecule has 4 heteroatoms. The van der Waals surface area contributed by atoms with Crippen molar-refractivity contribution in [2.24, 2.45) is 5.73 Å². The predicted octanol–water partition coefficient (Wildman–Crippen LogP) is 1.08. The lowest BCUT2D eigenvalue weighted by atomic mass is 10.2. The quantitative estimate of drug-likeness (QED) is 0.542. The first-order chi connectivity index (χ1) is 5.74. The molecule has 0 spiro atoms. The van der Waals surface area contributed by atoms with Gasteiger partial charge in [-0.25, -0.2) is 0 Å². The molecule has 0 aromatic heterocycles. The van der Waals surface area contributed by atoms with Crippen LogP contribution in [0.2, 0.25) is 0 Å². The van der Waals surface area contributed by atoms with Crippen LogP contribution in [0, 0.1) is 0 Å². The van der Waals surface area contributed by atoms with E-state index in [1.54, 1.807) is 6.92 Å². The van der Waals surface area contributed by atoms with Crippen LogP contribution in [0.5, 0.6) is 0 Å². The molecule has 0 bridgehead atoms. The highest BCUT2D eigenvalue weighted by Crippen LogP contribution is 2.14. The number of carbonyl (C=O) groups excluding carboxylic acids is 1. The Balaban J connectivity index is 4.23. The van der Waals surface area contributed by atoms with Crippen molar-refractivity contribution >= 4 is 17.5 Å². The molecule has 0 radical (unpaired) electrons. The van der Waals surface area contributed by atoms with Crippen LogP contribution in [0.25, 0.3) is 0 Å². The first-order valence-corrected chi connectivity index (χ1v) is 4.57. The summed E-state index contributed by atoms with van der Waals surface area (Å²) in [6, 6.07) is 0. The fraction of sp³-hybridized carbons (Fsp3) is 0.667. The molecule has 2 N–H and O–H groups in total. The van der Waals surface area contributed by atoms with E-state index in [9.17, 15) is 4.79 Å². The monoisotopic (exact) mass is 205 g/mol. The topological polar surface area (TPSA) is 43.1 Å². The van der Waals surface area contributed by atoms with Crippen molar-refractivity contribution in [3.63, 3.8) is 0 Å². The second-order valence-corrected chi connectivity index (χ2v) is 4.61. The van der Waals surface area contributed by atoms with E-state index >= 15 is 0 Å². The van der Waals surface area contributed by atoms with Crippen molar-refractivity contribution in [1.29, 1.82) is 0 Å². The summed E-state index contributed by atoms with van der Waals surface area (Å²) in [5, 5.41) is 0.570. The maximum atomic E-state index is 10.7. The predicted molar refractivity (Wildman–Crippen MR) is 55.3 cm³/mol. The van der Waals surface area contributed by atoms with Crippen LogP contribution in [0.4, 0.5) is 0 Å². The smallest absolute Gasteiger partial charge is 0.245 e. The third-order valence-corrected chi connectivity index (χ3v) is 2.25. The molecule has 0 fully saturated rings. The minimum atomic E-state index is -0.439. The number of carbonyl (C=O) groups is 1. The molecule has 0 saturated heterocycles. The van der Waals surface area contributed by atoms with Crippen molar-refractivity contribution in [2.75, 3.05) is 27.7 Å². The van der Waals surface area contributed by atoms with Gasteiger partial charge in [-0.2, -0.15) is 0 Å². The number of amides is 1. The van der Waals surface area contributed by atoms with Crippen molar-refractivity contribution < 1.29 is 9.28 Å². The van der Waals surface area contributed by atoms with Gasteiger partial charge in [0.2, 0.25) is 5.91 Å². The number of rotatable bonds is 4. The summed E-state index contributed by atoms with van der Waals surface area (Å²) in [6.45, 7) is 2.55. The van der Waals surface area contributed by atoms with Gasteiger partial charge in [0.25, 0.3) is 0 Å². The van der Waals surface area contributed by atoms with Crippen LogP contribution >= 0.6 is 11.6 Å². The normalized spacial score (nSPS) is 13.9. The van der Waals surface area contributed by atoms with Gasteiger partial charge in [0, 0.05) is 17.0 Å². The molecule has 0 aromatic rings. The van der Waals surface area contributed by atoms with Gasteiger partial charge in [-0.3, -0.25) is 4.79 Å². The molecule has 0 unspecified atom stereocenters. The van der Waals surface area contributed by atoms with Crippen molar-refractivity contribution in [3.05, 3.63) is 10.6 Å². The van der Waals surface area contributed by atoms with Crippen LogP contribution in [-0.2, 0) is 4.79 Å². The van der Waals surface area contributed by atoms with Gasteiger partial charge in [0.05, 0.1) is 27.7 Å². The van der Waals surface area contributed by atoms with Gasteiger partial charge in [-0.15, -0.1) is 0 Å². The first-order valence-electron chi connectivity index (χ1n) is 4.19. The summed E-state index contributed by atoms with van der Waals surface area (Å²) in [5.74, 6) is -0.439. The van der Waals surface area contributed by atoms with Gasteiger partial charge in [-0.1, -0.05) is 11.6 Å². The zero-order valence-electron chi connectivity index (χ0n) is 8.72. The Morgan fingerprint density at radius 3 is 2.15 bits per heavy atom. The molecule has 0 atom stereocenters. The molecule has 13 heavy (non-hydrogen) atoms.